The summed E-state index contributed by atoms with van der Waals surface area (Å²) in [7, 11) is 0. The molecule has 1 fully saturated rings. The fourth-order valence-electron chi connectivity index (χ4n) is 1.67. The van der Waals surface area contributed by atoms with E-state index < -0.39 is 0 Å². The van der Waals surface area contributed by atoms with Crippen LogP contribution in [0, 0.1) is 11.8 Å². The first-order valence-corrected chi connectivity index (χ1v) is 6.43. The van der Waals surface area contributed by atoms with Crippen LogP contribution in [-0.2, 0) is 0 Å². The zero-order chi connectivity index (χ0) is 12.0. The first kappa shape index (κ1) is 13.3. The molecule has 0 spiro atoms. The van der Waals surface area contributed by atoms with Crippen LogP contribution in [0.25, 0.3) is 0 Å². The number of guanidine groups is 1. The Morgan fingerprint density at radius 2 is 2.19 bits per heavy atom. The van der Waals surface area contributed by atoms with Crippen LogP contribution in [-0.4, -0.2) is 30.5 Å². The number of hydrogen-bond donors (Lipinski definition) is 2. The Bertz CT molecular complexity index is 221. The van der Waals surface area contributed by atoms with E-state index in [-0.39, 0.29) is 0 Å². The van der Waals surface area contributed by atoms with E-state index in [0.29, 0.717) is 5.92 Å². The molecule has 0 heterocycles. The molecule has 0 amide bonds. The summed E-state index contributed by atoms with van der Waals surface area (Å²) in [5.41, 5.74) is 2.75. The topological polar surface area (TPSA) is 53.6 Å². The van der Waals surface area contributed by atoms with Gasteiger partial charge in [0.25, 0.3) is 0 Å². The Kier molecular flexibility index (Phi) is 5.60. The highest BCUT2D eigenvalue weighted by atomic mass is 15.4. The molecule has 0 aromatic heterocycles. The summed E-state index contributed by atoms with van der Waals surface area (Å²) < 4.78 is 0. The normalized spacial score (nSPS) is 16.7. The van der Waals surface area contributed by atoms with Gasteiger partial charge >= 0.3 is 0 Å². The molecule has 0 aromatic carbocycles. The van der Waals surface area contributed by atoms with Crippen molar-refractivity contribution in [1.29, 1.82) is 0 Å². The van der Waals surface area contributed by atoms with Crippen LogP contribution in [0.15, 0.2) is 4.99 Å². The molecule has 0 bridgehead atoms. The molecular weight excluding hydrogens is 200 g/mol. The SMILES string of the molecule is CCCN(CC1CC1)C(=NCC(C)C)NN. The first-order chi connectivity index (χ1) is 7.67. The van der Waals surface area contributed by atoms with Gasteiger partial charge in [0.1, 0.15) is 0 Å². The third-order valence-corrected chi connectivity index (χ3v) is 2.70. The number of hydrazine groups is 1. The Hall–Kier alpha value is -0.770. The zero-order valence-corrected chi connectivity index (χ0v) is 10.9. The lowest BCUT2D eigenvalue weighted by molar-refractivity contribution is 0.383. The van der Waals surface area contributed by atoms with Crippen LogP contribution in [0.3, 0.4) is 0 Å². The Balaban J connectivity index is 2.51. The molecule has 1 saturated carbocycles. The minimum absolute atomic E-state index is 0.577. The summed E-state index contributed by atoms with van der Waals surface area (Å²) >= 11 is 0. The molecule has 1 aliphatic carbocycles. The van der Waals surface area contributed by atoms with Crippen LogP contribution in [0.5, 0.6) is 0 Å². The van der Waals surface area contributed by atoms with E-state index in [9.17, 15) is 0 Å². The van der Waals surface area contributed by atoms with Crippen molar-refractivity contribution in [1.82, 2.24) is 10.3 Å². The van der Waals surface area contributed by atoms with Gasteiger partial charge in [-0.2, -0.15) is 0 Å². The fourth-order valence-corrected chi connectivity index (χ4v) is 1.67. The number of aliphatic imine (C=N–C) groups is 1. The molecule has 0 unspecified atom stereocenters. The van der Waals surface area contributed by atoms with Gasteiger partial charge in [-0.25, -0.2) is 5.84 Å². The lowest BCUT2D eigenvalue weighted by atomic mass is 10.2. The Labute approximate surface area is 99.3 Å². The number of nitrogens with two attached hydrogens (primary N) is 1. The first-order valence-electron chi connectivity index (χ1n) is 6.43. The van der Waals surface area contributed by atoms with Crippen molar-refractivity contribution < 1.29 is 0 Å². The maximum atomic E-state index is 5.56. The molecule has 3 N–H and O–H groups in total. The van der Waals surface area contributed by atoms with E-state index >= 15 is 0 Å². The fraction of sp³-hybridized carbons (Fsp3) is 0.917. The van der Waals surface area contributed by atoms with E-state index in [4.69, 9.17) is 5.84 Å². The molecule has 0 aromatic rings. The van der Waals surface area contributed by atoms with Gasteiger partial charge in [-0.15, -0.1) is 0 Å². The van der Waals surface area contributed by atoms with Crippen LogP contribution < -0.4 is 11.3 Å². The maximum Gasteiger partial charge on any atom is 0.208 e. The predicted molar refractivity (Wildman–Crippen MR) is 69.1 cm³/mol. The van der Waals surface area contributed by atoms with Crippen LogP contribution in [0.1, 0.15) is 40.0 Å². The summed E-state index contributed by atoms with van der Waals surface area (Å²) in [6, 6.07) is 0. The molecule has 94 valence electrons. The molecule has 1 rings (SSSR count). The van der Waals surface area contributed by atoms with Gasteiger partial charge in [-0.1, -0.05) is 20.8 Å². The highest BCUT2D eigenvalue weighted by molar-refractivity contribution is 5.79. The third-order valence-electron chi connectivity index (χ3n) is 2.70. The second kappa shape index (κ2) is 6.74. The second-order valence-corrected chi connectivity index (χ2v) is 5.09. The molecule has 0 aliphatic heterocycles. The Morgan fingerprint density at radius 3 is 2.62 bits per heavy atom. The Morgan fingerprint density at radius 1 is 1.50 bits per heavy atom. The lowest BCUT2D eigenvalue weighted by Crippen LogP contribution is -2.46. The highest BCUT2D eigenvalue weighted by Gasteiger charge is 2.25. The summed E-state index contributed by atoms with van der Waals surface area (Å²) in [6.07, 6.45) is 3.86. The van der Waals surface area contributed by atoms with Crippen LogP contribution >= 0.6 is 0 Å². The molecule has 16 heavy (non-hydrogen) atoms. The smallest absolute Gasteiger partial charge is 0.208 e. The van der Waals surface area contributed by atoms with E-state index in [1.165, 1.54) is 12.8 Å². The van der Waals surface area contributed by atoms with E-state index in [1.807, 2.05) is 0 Å². The number of nitrogens with zero attached hydrogens (tertiary/aromatic N) is 2. The van der Waals surface area contributed by atoms with Crippen LogP contribution in [0.4, 0.5) is 0 Å². The van der Waals surface area contributed by atoms with Gasteiger partial charge in [0.2, 0.25) is 5.96 Å². The van der Waals surface area contributed by atoms with E-state index in [1.54, 1.807) is 0 Å². The van der Waals surface area contributed by atoms with Crippen molar-refractivity contribution in [3.05, 3.63) is 0 Å². The second-order valence-electron chi connectivity index (χ2n) is 5.09. The predicted octanol–water partition coefficient (Wildman–Crippen LogP) is 1.58. The molecule has 0 atom stereocenters. The molecule has 4 heteroatoms. The minimum atomic E-state index is 0.577. The summed E-state index contributed by atoms with van der Waals surface area (Å²) in [5.74, 6) is 7.87. The van der Waals surface area contributed by atoms with Crippen molar-refractivity contribution in [2.45, 2.75) is 40.0 Å². The average molecular weight is 226 g/mol. The van der Waals surface area contributed by atoms with Gasteiger partial charge in [0, 0.05) is 19.6 Å². The standard InChI is InChI=1S/C12H26N4/c1-4-7-16(9-11-5-6-11)12(15-13)14-8-10(2)3/h10-11H,4-9,13H2,1-3H3,(H,14,15). The molecular formula is C12H26N4. The summed E-state index contributed by atoms with van der Waals surface area (Å²) in [6.45, 7) is 9.51. The largest absolute Gasteiger partial charge is 0.342 e. The van der Waals surface area contributed by atoms with E-state index in [0.717, 1.165) is 37.9 Å². The van der Waals surface area contributed by atoms with E-state index in [2.05, 4.69) is 36.1 Å². The van der Waals surface area contributed by atoms with Gasteiger partial charge in [0.05, 0.1) is 0 Å². The molecule has 0 saturated heterocycles. The average Bonchev–Trinajstić information content (AvgIpc) is 3.02. The summed E-state index contributed by atoms with van der Waals surface area (Å²) in [4.78, 5) is 6.84. The van der Waals surface area contributed by atoms with Crippen LogP contribution in [0.2, 0.25) is 0 Å². The van der Waals surface area contributed by atoms with Crippen molar-refractivity contribution in [2.24, 2.45) is 22.7 Å². The van der Waals surface area contributed by atoms with Gasteiger partial charge < -0.3 is 4.90 Å². The number of nitrogens with one attached hydrogen (secondary N) is 1. The summed E-state index contributed by atoms with van der Waals surface area (Å²) in [5, 5.41) is 0. The van der Waals surface area contributed by atoms with Crippen molar-refractivity contribution in [3.63, 3.8) is 0 Å². The lowest BCUT2D eigenvalue weighted by Gasteiger charge is -2.25. The number of hydrogen-bond acceptors (Lipinski definition) is 2. The molecule has 1 aliphatic rings. The van der Waals surface area contributed by atoms with Gasteiger partial charge in [-0.3, -0.25) is 10.4 Å². The molecule has 4 nitrogen and oxygen atoms in total. The minimum Gasteiger partial charge on any atom is -0.342 e. The highest BCUT2D eigenvalue weighted by Crippen LogP contribution is 2.29. The van der Waals surface area contributed by atoms with Crippen molar-refractivity contribution in [2.75, 3.05) is 19.6 Å². The number of rotatable bonds is 6. The van der Waals surface area contributed by atoms with Crippen molar-refractivity contribution in [3.8, 4) is 0 Å². The maximum absolute atomic E-state index is 5.56. The van der Waals surface area contributed by atoms with Crippen molar-refractivity contribution >= 4 is 5.96 Å². The van der Waals surface area contributed by atoms with Gasteiger partial charge in [-0.05, 0) is 31.1 Å². The van der Waals surface area contributed by atoms with Gasteiger partial charge in [0.15, 0.2) is 0 Å². The molecule has 0 radical (unpaired) electrons. The zero-order valence-electron chi connectivity index (χ0n) is 10.9. The quantitative estimate of drug-likeness (QED) is 0.313. The third kappa shape index (κ3) is 4.84. The monoisotopic (exact) mass is 226 g/mol.